The Morgan fingerprint density at radius 3 is 2.53 bits per heavy atom. The van der Waals surface area contributed by atoms with Crippen molar-refractivity contribution in [3.63, 3.8) is 0 Å². The van der Waals surface area contributed by atoms with Crippen LogP contribution in [-0.4, -0.2) is 37.2 Å². The second kappa shape index (κ2) is 6.00. The maximum atomic E-state index is 11.7. The summed E-state index contributed by atoms with van der Waals surface area (Å²) in [5, 5.41) is 11.5. The van der Waals surface area contributed by atoms with Crippen molar-refractivity contribution in [2.45, 2.75) is 6.92 Å². The molecule has 0 bridgehead atoms. The van der Waals surface area contributed by atoms with Gasteiger partial charge in [-0.05, 0) is 30.7 Å². The number of methoxy groups -OCH3 is 1. The van der Waals surface area contributed by atoms with Crippen molar-refractivity contribution in [2.75, 3.05) is 20.3 Å². The van der Waals surface area contributed by atoms with Crippen LogP contribution in [0.15, 0.2) is 18.2 Å². The minimum Gasteiger partial charge on any atom is -0.478 e. The second-order valence-corrected chi connectivity index (χ2v) is 3.64. The van der Waals surface area contributed by atoms with E-state index in [0.29, 0.717) is 18.7 Å². The number of ether oxygens (including phenoxy) is 1. The van der Waals surface area contributed by atoms with Crippen molar-refractivity contribution in [1.29, 1.82) is 0 Å². The van der Waals surface area contributed by atoms with Crippen molar-refractivity contribution in [3.05, 3.63) is 34.9 Å². The molecule has 1 rings (SSSR count). The van der Waals surface area contributed by atoms with E-state index < -0.39 is 5.97 Å². The van der Waals surface area contributed by atoms with Gasteiger partial charge in [-0.15, -0.1) is 0 Å². The van der Waals surface area contributed by atoms with Crippen LogP contribution < -0.4 is 5.32 Å². The van der Waals surface area contributed by atoms with Gasteiger partial charge in [0.25, 0.3) is 5.91 Å². The third-order valence-corrected chi connectivity index (χ3v) is 2.18. The van der Waals surface area contributed by atoms with Gasteiger partial charge >= 0.3 is 5.97 Å². The highest BCUT2D eigenvalue weighted by atomic mass is 16.5. The fraction of sp³-hybridized carbons (Fsp3) is 0.333. The number of hydrogen-bond donors (Lipinski definition) is 2. The molecule has 5 heteroatoms. The first kappa shape index (κ1) is 13.2. The molecule has 0 aromatic heterocycles. The Kier molecular flexibility index (Phi) is 4.66. The fourth-order valence-electron chi connectivity index (χ4n) is 1.41. The molecule has 0 radical (unpaired) electrons. The number of carboxylic acid groups (broad SMARTS) is 1. The molecule has 92 valence electrons. The minimum atomic E-state index is -1.04. The number of hydrogen-bond acceptors (Lipinski definition) is 3. The van der Waals surface area contributed by atoms with Crippen molar-refractivity contribution in [2.24, 2.45) is 0 Å². The minimum absolute atomic E-state index is 0.113. The van der Waals surface area contributed by atoms with Gasteiger partial charge in [0.15, 0.2) is 0 Å². The van der Waals surface area contributed by atoms with Crippen LogP contribution in [0.2, 0.25) is 0 Å². The van der Waals surface area contributed by atoms with Crippen LogP contribution in [-0.2, 0) is 4.74 Å². The Bertz CT molecular complexity index is 429. The molecule has 0 fully saturated rings. The molecule has 0 aliphatic carbocycles. The zero-order valence-electron chi connectivity index (χ0n) is 9.82. The average molecular weight is 237 g/mol. The lowest BCUT2D eigenvalue weighted by atomic mass is 10.1. The largest absolute Gasteiger partial charge is 0.478 e. The molecule has 0 aliphatic heterocycles. The first-order chi connectivity index (χ1) is 8.04. The van der Waals surface area contributed by atoms with Gasteiger partial charge < -0.3 is 15.2 Å². The van der Waals surface area contributed by atoms with E-state index >= 15 is 0 Å². The van der Waals surface area contributed by atoms with Crippen LogP contribution in [0.5, 0.6) is 0 Å². The molecular weight excluding hydrogens is 222 g/mol. The monoisotopic (exact) mass is 237 g/mol. The average Bonchev–Trinajstić information content (AvgIpc) is 2.28. The van der Waals surface area contributed by atoms with Crippen LogP contribution in [0.25, 0.3) is 0 Å². The Labute approximate surface area is 99.4 Å². The summed E-state index contributed by atoms with van der Waals surface area (Å²) in [4.78, 5) is 22.5. The van der Waals surface area contributed by atoms with E-state index in [9.17, 15) is 9.59 Å². The topological polar surface area (TPSA) is 75.6 Å². The van der Waals surface area contributed by atoms with Crippen LogP contribution in [0.3, 0.4) is 0 Å². The second-order valence-electron chi connectivity index (χ2n) is 3.64. The highest BCUT2D eigenvalue weighted by Crippen LogP contribution is 2.09. The molecule has 1 aromatic rings. The van der Waals surface area contributed by atoms with Gasteiger partial charge in [0.2, 0.25) is 0 Å². The highest BCUT2D eigenvalue weighted by Gasteiger charge is 2.10. The number of carboxylic acids is 1. The molecule has 0 atom stereocenters. The van der Waals surface area contributed by atoms with Gasteiger partial charge in [-0.1, -0.05) is 0 Å². The van der Waals surface area contributed by atoms with Crippen LogP contribution in [0, 0.1) is 6.92 Å². The number of benzene rings is 1. The molecule has 17 heavy (non-hydrogen) atoms. The van der Waals surface area contributed by atoms with Crippen molar-refractivity contribution >= 4 is 11.9 Å². The fourth-order valence-corrected chi connectivity index (χ4v) is 1.41. The predicted molar refractivity (Wildman–Crippen MR) is 62.3 cm³/mol. The molecule has 0 saturated carbocycles. The first-order valence-electron chi connectivity index (χ1n) is 5.16. The molecule has 0 spiro atoms. The van der Waals surface area contributed by atoms with E-state index in [0.717, 1.165) is 5.56 Å². The molecule has 0 aliphatic rings. The van der Waals surface area contributed by atoms with Gasteiger partial charge in [0, 0.05) is 19.2 Å². The van der Waals surface area contributed by atoms with Crippen LogP contribution in [0.4, 0.5) is 0 Å². The van der Waals surface area contributed by atoms with E-state index in [1.165, 1.54) is 12.1 Å². The summed E-state index contributed by atoms with van der Waals surface area (Å²) in [5.74, 6) is -1.34. The molecule has 0 heterocycles. The van der Waals surface area contributed by atoms with E-state index in [2.05, 4.69) is 5.32 Å². The Balaban J connectivity index is 2.82. The maximum absolute atomic E-state index is 11.7. The van der Waals surface area contributed by atoms with Crippen molar-refractivity contribution in [1.82, 2.24) is 5.32 Å². The molecule has 2 N–H and O–H groups in total. The lowest BCUT2D eigenvalue weighted by Crippen LogP contribution is -2.27. The van der Waals surface area contributed by atoms with Gasteiger partial charge in [0.05, 0.1) is 12.2 Å². The molecule has 0 unspecified atom stereocenters. The van der Waals surface area contributed by atoms with Crippen molar-refractivity contribution in [3.8, 4) is 0 Å². The van der Waals surface area contributed by atoms with Crippen LogP contribution in [0.1, 0.15) is 26.3 Å². The van der Waals surface area contributed by atoms with E-state index in [1.54, 1.807) is 20.1 Å². The number of amides is 1. The quantitative estimate of drug-likeness (QED) is 0.751. The SMILES string of the molecule is COCCNC(=O)c1cc(C)cc(C(=O)O)c1. The summed E-state index contributed by atoms with van der Waals surface area (Å²) in [6.07, 6.45) is 0. The number of carbonyl (C=O) groups is 2. The number of rotatable bonds is 5. The van der Waals surface area contributed by atoms with Gasteiger partial charge in [-0.25, -0.2) is 4.79 Å². The summed E-state index contributed by atoms with van der Waals surface area (Å²) in [6.45, 7) is 2.56. The van der Waals surface area contributed by atoms with Gasteiger partial charge in [-0.2, -0.15) is 0 Å². The van der Waals surface area contributed by atoms with Crippen LogP contribution >= 0.6 is 0 Å². The molecule has 1 aromatic carbocycles. The van der Waals surface area contributed by atoms with Crippen molar-refractivity contribution < 1.29 is 19.4 Å². The number of aryl methyl sites for hydroxylation is 1. The Morgan fingerprint density at radius 2 is 1.94 bits per heavy atom. The molecule has 5 nitrogen and oxygen atoms in total. The summed E-state index contributed by atoms with van der Waals surface area (Å²) >= 11 is 0. The lowest BCUT2D eigenvalue weighted by molar-refractivity contribution is 0.0696. The first-order valence-corrected chi connectivity index (χ1v) is 5.16. The normalized spacial score (nSPS) is 10.0. The summed E-state index contributed by atoms with van der Waals surface area (Å²) < 4.78 is 4.80. The summed E-state index contributed by atoms with van der Waals surface area (Å²) in [5.41, 5.74) is 1.20. The summed E-state index contributed by atoms with van der Waals surface area (Å²) in [6, 6.07) is 4.53. The van der Waals surface area contributed by atoms with Gasteiger partial charge in [-0.3, -0.25) is 4.79 Å². The third kappa shape index (κ3) is 3.88. The number of nitrogens with one attached hydrogen (secondary N) is 1. The highest BCUT2D eigenvalue weighted by molar-refractivity contribution is 5.97. The van der Waals surface area contributed by atoms with E-state index in [1.807, 2.05) is 0 Å². The third-order valence-electron chi connectivity index (χ3n) is 2.18. The Morgan fingerprint density at radius 1 is 1.29 bits per heavy atom. The molecule has 1 amide bonds. The smallest absolute Gasteiger partial charge is 0.335 e. The summed E-state index contributed by atoms with van der Waals surface area (Å²) in [7, 11) is 1.54. The van der Waals surface area contributed by atoms with E-state index in [4.69, 9.17) is 9.84 Å². The lowest BCUT2D eigenvalue weighted by Gasteiger charge is -2.06. The van der Waals surface area contributed by atoms with Gasteiger partial charge in [0.1, 0.15) is 0 Å². The number of aromatic carboxylic acids is 1. The maximum Gasteiger partial charge on any atom is 0.335 e. The molecule has 0 saturated heterocycles. The van der Waals surface area contributed by atoms with E-state index in [-0.39, 0.29) is 11.5 Å². The zero-order valence-corrected chi connectivity index (χ0v) is 9.82. The molecular formula is C12H15NO4. The standard InChI is InChI=1S/C12H15NO4/c1-8-5-9(7-10(6-8)12(15)16)11(14)13-3-4-17-2/h5-7H,3-4H2,1-2H3,(H,13,14)(H,15,16). The predicted octanol–water partition coefficient (Wildman–Crippen LogP) is 1.07. The number of carbonyl (C=O) groups excluding carboxylic acids is 1. The Hall–Kier alpha value is -1.88. The zero-order chi connectivity index (χ0) is 12.8.